The van der Waals surface area contributed by atoms with Gasteiger partial charge in [-0.25, -0.2) is 4.98 Å². The summed E-state index contributed by atoms with van der Waals surface area (Å²) in [5, 5.41) is 8.68. The summed E-state index contributed by atoms with van der Waals surface area (Å²) in [6.45, 7) is 4.75. The van der Waals surface area contributed by atoms with Gasteiger partial charge >= 0.3 is 0 Å². The molecule has 0 radical (unpaired) electrons. The second-order valence-electron chi connectivity index (χ2n) is 5.46. The molecule has 2 heterocycles. The molecule has 106 valence electrons. The number of rotatable bonds is 4. The van der Waals surface area contributed by atoms with E-state index in [-0.39, 0.29) is 12.0 Å². The van der Waals surface area contributed by atoms with Gasteiger partial charge in [0, 0.05) is 18.1 Å². The van der Waals surface area contributed by atoms with Crippen molar-refractivity contribution in [3.63, 3.8) is 0 Å². The number of likely N-dealkylation sites (tertiary alicyclic amines) is 1. The number of halogens is 1. The van der Waals surface area contributed by atoms with E-state index < -0.39 is 5.41 Å². The molecule has 1 aliphatic heterocycles. The highest BCUT2D eigenvalue weighted by molar-refractivity contribution is 6.19. The number of pyridine rings is 1. The van der Waals surface area contributed by atoms with Crippen molar-refractivity contribution in [2.24, 2.45) is 5.41 Å². The Morgan fingerprint density at radius 3 is 2.80 bits per heavy atom. The van der Waals surface area contributed by atoms with Crippen molar-refractivity contribution in [2.75, 3.05) is 19.0 Å². The van der Waals surface area contributed by atoms with Gasteiger partial charge in [0.1, 0.15) is 12.2 Å². The van der Waals surface area contributed by atoms with E-state index in [1.807, 2.05) is 19.9 Å². The number of nitrogens with zero attached hydrogens (tertiary/aromatic N) is 3. The van der Waals surface area contributed by atoms with Crippen LogP contribution in [0.25, 0.3) is 0 Å². The Labute approximate surface area is 123 Å². The van der Waals surface area contributed by atoms with E-state index in [0.717, 1.165) is 0 Å². The number of carbonyl (C=O) groups excluding carboxylic acids is 1. The molecule has 6 heteroatoms. The molecule has 5 nitrogen and oxygen atoms in total. The maximum absolute atomic E-state index is 12.1. The molecule has 0 spiro atoms. The average molecular weight is 294 g/mol. The fourth-order valence-electron chi connectivity index (χ4n) is 1.85. The zero-order valence-corrected chi connectivity index (χ0v) is 12.2. The van der Waals surface area contributed by atoms with Crippen LogP contribution in [0.5, 0.6) is 5.88 Å². The highest BCUT2D eigenvalue weighted by Crippen LogP contribution is 2.25. The molecule has 1 aromatic rings. The largest absolute Gasteiger partial charge is 0.471 e. The summed E-state index contributed by atoms with van der Waals surface area (Å²) in [5.41, 5.74) is -0.0502. The molecule has 1 saturated heterocycles. The molecule has 1 amide bonds. The van der Waals surface area contributed by atoms with Crippen molar-refractivity contribution in [1.82, 2.24) is 9.88 Å². The van der Waals surface area contributed by atoms with E-state index >= 15 is 0 Å². The van der Waals surface area contributed by atoms with Gasteiger partial charge in [-0.2, -0.15) is 5.26 Å². The summed E-state index contributed by atoms with van der Waals surface area (Å²) in [6.07, 6.45) is 1.42. The van der Waals surface area contributed by atoms with Gasteiger partial charge in [0.25, 0.3) is 0 Å². The molecule has 2 rings (SSSR count). The minimum atomic E-state index is -0.542. The number of hydrogen-bond donors (Lipinski definition) is 0. The number of aromatic nitrogens is 1. The van der Waals surface area contributed by atoms with Crippen LogP contribution < -0.4 is 4.74 Å². The van der Waals surface area contributed by atoms with Crippen LogP contribution in [0.1, 0.15) is 19.4 Å². The van der Waals surface area contributed by atoms with Crippen molar-refractivity contribution in [2.45, 2.75) is 20.0 Å². The van der Waals surface area contributed by atoms with Crippen molar-refractivity contribution in [1.29, 1.82) is 5.26 Å². The Kier molecular flexibility index (Phi) is 4.15. The van der Waals surface area contributed by atoms with E-state index in [1.54, 1.807) is 17.0 Å². The maximum Gasteiger partial charge on any atom is 0.229 e. The summed E-state index contributed by atoms with van der Waals surface area (Å²) in [7, 11) is 0. The molecule has 1 aromatic heterocycles. The van der Waals surface area contributed by atoms with Crippen molar-refractivity contribution >= 4 is 17.5 Å². The zero-order chi connectivity index (χ0) is 14.8. The summed E-state index contributed by atoms with van der Waals surface area (Å²) in [4.78, 5) is 17.9. The number of hydrogen-bond acceptors (Lipinski definition) is 4. The lowest BCUT2D eigenvalue weighted by atomic mass is 9.92. The van der Waals surface area contributed by atoms with Gasteiger partial charge in [0.2, 0.25) is 11.8 Å². The first-order valence-electron chi connectivity index (χ1n) is 6.34. The molecule has 20 heavy (non-hydrogen) atoms. The van der Waals surface area contributed by atoms with Crippen molar-refractivity contribution in [3.8, 4) is 11.9 Å². The minimum absolute atomic E-state index is 0.0418. The van der Waals surface area contributed by atoms with E-state index in [1.165, 1.54) is 6.20 Å². The highest BCUT2D eigenvalue weighted by atomic mass is 35.5. The monoisotopic (exact) mass is 293 g/mol. The van der Waals surface area contributed by atoms with Crippen molar-refractivity contribution in [3.05, 3.63) is 23.9 Å². The van der Waals surface area contributed by atoms with Crippen LogP contribution in [0.2, 0.25) is 0 Å². The number of ether oxygens (including phenoxy) is 1. The predicted molar refractivity (Wildman–Crippen MR) is 74.4 cm³/mol. The van der Waals surface area contributed by atoms with Gasteiger partial charge in [-0.05, 0) is 19.9 Å². The Balaban J connectivity index is 1.85. The van der Waals surface area contributed by atoms with E-state index in [4.69, 9.17) is 21.6 Å². The second kappa shape index (κ2) is 5.68. The quantitative estimate of drug-likeness (QED) is 0.794. The smallest absolute Gasteiger partial charge is 0.229 e. The first kappa shape index (κ1) is 14.6. The molecule has 0 aromatic carbocycles. The Bertz CT molecular complexity index is 530. The van der Waals surface area contributed by atoms with Gasteiger partial charge < -0.3 is 9.64 Å². The summed E-state index contributed by atoms with van der Waals surface area (Å²) < 4.78 is 5.63. The van der Waals surface area contributed by atoms with Crippen LogP contribution in [0.15, 0.2) is 18.3 Å². The minimum Gasteiger partial charge on any atom is -0.471 e. The normalized spacial score (nSPS) is 15.4. The van der Waals surface area contributed by atoms with Gasteiger partial charge in [0.15, 0.2) is 0 Å². The summed E-state index contributed by atoms with van der Waals surface area (Å²) in [6, 6.07) is 5.31. The molecule has 1 aliphatic rings. The van der Waals surface area contributed by atoms with Gasteiger partial charge in [-0.3, -0.25) is 4.79 Å². The third kappa shape index (κ3) is 3.02. The lowest BCUT2D eigenvalue weighted by Crippen LogP contribution is -2.59. The molecular weight excluding hydrogens is 278 g/mol. The van der Waals surface area contributed by atoms with Crippen LogP contribution in [0.3, 0.4) is 0 Å². The molecule has 0 bridgehead atoms. The molecule has 0 aliphatic carbocycles. The van der Waals surface area contributed by atoms with Gasteiger partial charge in [-0.15, -0.1) is 11.6 Å². The van der Waals surface area contributed by atoms with Gasteiger partial charge in [-0.1, -0.05) is 0 Å². The standard InChI is InChI=1S/C14H16ClN3O2/c1-14(2,9-15)13(19)18-7-11(8-18)20-12-4-3-10(5-16)6-17-12/h3-4,6,11H,7-9H2,1-2H3. The first-order chi connectivity index (χ1) is 9.46. The summed E-state index contributed by atoms with van der Waals surface area (Å²) >= 11 is 5.79. The van der Waals surface area contributed by atoms with Crippen LogP contribution in [0.4, 0.5) is 0 Å². The molecular formula is C14H16ClN3O2. The van der Waals surface area contributed by atoms with Crippen molar-refractivity contribution < 1.29 is 9.53 Å². The second-order valence-corrected chi connectivity index (χ2v) is 5.73. The fraction of sp³-hybridized carbons (Fsp3) is 0.500. The number of nitriles is 1. The Morgan fingerprint density at radius 1 is 1.60 bits per heavy atom. The molecule has 0 saturated carbocycles. The van der Waals surface area contributed by atoms with Crippen LogP contribution in [-0.4, -0.2) is 40.9 Å². The van der Waals surface area contributed by atoms with Gasteiger partial charge in [0.05, 0.1) is 24.1 Å². The predicted octanol–water partition coefficient (Wildman–Crippen LogP) is 1.81. The van der Waals surface area contributed by atoms with E-state index in [0.29, 0.717) is 30.4 Å². The topological polar surface area (TPSA) is 66.2 Å². The Morgan fingerprint density at radius 2 is 2.30 bits per heavy atom. The first-order valence-corrected chi connectivity index (χ1v) is 6.88. The molecule has 0 N–H and O–H groups in total. The number of amides is 1. The summed E-state index contributed by atoms with van der Waals surface area (Å²) in [5.74, 6) is 0.809. The SMILES string of the molecule is CC(C)(CCl)C(=O)N1CC(Oc2ccc(C#N)cn2)C1. The number of carbonyl (C=O) groups is 1. The van der Waals surface area contributed by atoms with Crippen LogP contribution >= 0.6 is 11.6 Å². The number of alkyl halides is 1. The molecule has 0 unspecified atom stereocenters. The Hall–Kier alpha value is -1.80. The third-order valence-corrected chi connectivity index (χ3v) is 3.87. The molecule has 1 fully saturated rings. The fourth-order valence-corrected chi connectivity index (χ4v) is 1.96. The highest BCUT2D eigenvalue weighted by Gasteiger charge is 2.39. The van der Waals surface area contributed by atoms with Crippen LogP contribution in [-0.2, 0) is 4.79 Å². The lowest BCUT2D eigenvalue weighted by Gasteiger charge is -2.42. The zero-order valence-electron chi connectivity index (χ0n) is 11.5. The lowest BCUT2D eigenvalue weighted by molar-refractivity contribution is -0.148. The van der Waals surface area contributed by atoms with E-state index in [2.05, 4.69) is 4.98 Å². The maximum atomic E-state index is 12.1. The average Bonchev–Trinajstić information content (AvgIpc) is 2.42. The van der Waals surface area contributed by atoms with E-state index in [9.17, 15) is 4.79 Å². The van der Waals surface area contributed by atoms with Crippen LogP contribution in [0, 0.1) is 16.7 Å². The third-order valence-electron chi connectivity index (χ3n) is 3.20. The molecule has 0 atom stereocenters.